The number of phenolic OH excluding ortho intramolecular Hbond substituents is 1. The molecule has 8 heteroatoms. The Labute approximate surface area is 195 Å². The Hall–Kier alpha value is -4.04. The normalized spacial score (nSPS) is 16.4. The molecule has 0 aliphatic carbocycles. The number of nitrogens with zero attached hydrogens (tertiary/aromatic N) is 3. The molecule has 7 nitrogen and oxygen atoms in total. The summed E-state index contributed by atoms with van der Waals surface area (Å²) in [6, 6.07) is 15.3. The van der Waals surface area contributed by atoms with E-state index in [9.17, 15) is 14.3 Å². The Bertz CT molecular complexity index is 1380. The van der Waals surface area contributed by atoms with Crippen LogP contribution in [0.25, 0.3) is 34.4 Å². The van der Waals surface area contributed by atoms with Crippen molar-refractivity contribution in [3.63, 3.8) is 0 Å². The fraction of sp³-hybridized carbons (Fsp3) is 0.192. The number of benzene rings is 2. The molecule has 1 aliphatic rings. The number of nitrogens with one attached hydrogen (secondary N) is 2. The lowest BCUT2D eigenvalue weighted by Crippen LogP contribution is -2.52. The zero-order valence-corrected chi connectivity index (χ0v) is 18.6. The summed E-state index contributed by atoms with van der Waals surface area (Å²) >= 11 is 0. The predicted molar refractivity (Wildman–Crippen MR) is 130 cm³/mol. The van der Waals surface area contributed by atoms with Crippen molar-refractivity contribution in [3.8, 4) is 17.0 Å². The second-order valence-electron chi connectivity index (χ2n) is 8.35. The number of rotatable bonds is 4. The molecule has 2 aromatic heterocycles. The fourth-order valence-electron chi connectivity index (χ4n) is 4.23. The molecule has 2 aromatic carbocycles. The zero-order chi connectivity index (χ0) is 23.7. The van der Waals surface area contributed by atoms with E-state index in [-0.39, 0.29) is 23.3 Å². The summed E-state index contributed by atoms with van der Waals surface area (Å²) in [5.74, 6) is -0.953. The molecule has 0 unspecified atom stereocenters. The van der Waals surface area contributed by atoms with Crippen LogP contribution in [0.1, 0.15) is 28.5 Å². The van der Waals surface area contributed by atoms with E-state index >= 15 is 0 Å². The lowest BCUT2D eigenvalue weighted by Gasteiger charge is -2.34. The highest BCUT2D eigenvalue weighted by molar-refractivity contribution is 6.09. The number of amides is 1. The molecule has 1 aliphatic heterocycles. The van der Waals surface area contributed by atoms with Crippen LogP contribution in [0.5, 0.6) is 5.75 Å². The summed E-state index contributed by atoms with van der Waals surface area (Å²) in [6.45, 7) is 3.97. The number of carbonyl (C=O) groups excluding carboxylic acids is 1. The minimum absolute atomic E-state index is 0.00790. The highest BCUT2D eigenvalue weighted by atomic mass is 19.1. The third kappa shape index (κ3) is 4.15. The molecule has 172 valence electrons. The highest BCUT2D eigenvalue weighted by Gasteiger charge is 2.28. The molecule has 1 saturated heterocycles. The second kappa shape index (κ2) is 9.07. The van der Waals surface area contributed by atoms with Gasteiger partial charge < -0.3 is 15.3 Å². The number of aromatic amines is 1. The molecule has 3 N–H and O–H groups in total. The molecule has 1 atom stereocenters. The molecular weight excluding hydrogens is 433 g/mol. The van der Waals surface area contributed by atoms with E-state index in [0.717, 1.165) is 11.6 Å². The number of aromatic nitrogens is 3. The summed E-state index contributed by atoms with van der Waals surface area (Å²) in [6.07, 6.45) is 3.76. The summed E-state index contributed by atoms with van der Waals surface area (Å²) in [7, 11) is 0. The van der Waals surface area contributed by atoms with E-state index in [0.29, 0.717) is 47.6 Å². The lowest BCUT2D eigenvalue weighted by atomic mass is 10.0. The monoisotopic (exact) mass is 457 g/mol. The molecular formula is C26H24FN5O2. The van der Waals surface area contributed by atoms with E-state index in [4.69, 9.17) is 0 Å². The van der Waals surface area contributed by atoms with Crippen molar-refractivity contribution in [1.82, 2.24) is 25.4 Å². The van der Waals surface area contributed by atoms with Crippen LogP contribution in [-0.2, 0) is 0 Å². The van der Waals surface area contributed by atoms with Gasteiger partial charge in [0.25, 0.3) is 5.91 Å². The predicted octanol–water partition coefficient (Wildman–Crippen LogP) is 4.07. The molecule has 5 rings (SSSR count). The zero-order valence-electron chi connectivity index (χ0n) is 18.6. The van der Waals surface area contributed by atoms with Gasteiger partial charge in [-0.05, 0) is 36.8 Å². The number of hydrogen-bond donors (Lipinski definition) is 3. The molecule has 0 bridgehead atoms. The van der Waals surface area contributed by atoms with Gasteiger partial charge in [-0.3, -0.25) is 9.89 Å². The van der Waals surface area contributed by atoms with E-state index in [1.165, 1.54) is 12.1 Å². The first-order valence-corrected chi connectivity index (χ1v) is 11.1. The van der Waals surface area contributed by atoms with E-state index in [1.54, 1.807) is 6.07 Å². The van der Waals surface area contributed by atoms with Crippen LogP contribution in [-0.4, -0.2) is 56.8 Å². The van der Waals surface area contributed by atoms with Crippen LogP contribution >= 0.6 is 0 Å². The van der Waals surface area contributed by atoms with Gasteiger partial charge >= 0.3 is 0 Å². The average Bonchev–Trinajstić information content (AvgIpc) is 3.26. The second-order valence-corrected chi connectivity index (χ2v) is 8.35. The van der Waals surface area contributed by atoms with Gasteiger partial charge in [0.1, 0.15) is 11.6 Å². The number of aromatic hydroxyl groups is 1. The SMILES string of the molecule is C[C@H]1CNCCN1C(=O)c1cc(-c2ccc(O)cc2F)nc2[nH]nc(/C=C/c3ccccc3)c12. The molecule has 4 aromatic rings. The molecule has 1 fully saturated rings. The molecule has 0 radical (unpaired) electrons. The first-order valence-electron chi connectivity index (χ1n) is 11.1. The van der Waals surface area contributed by atoms with Gasteiger partial charge in [-0.25, -0.2) is 9.37 Å². The molecule has 0 saturated carbocycles. The van der Waals surface area contributed by atoms with E-state index in [2.05, 4.69) is 20.5 Å². The Morgan fingerprint density at radius 1 is 1.18 bits per heavy atom. The maximum Gasteiger partial charge on any atom is 0.255 e. The molecule has 34 heavy (non-hydrogen) atoms. The minimum atomic E-state index is -0.621. The Morgan fingerprint density at radius 3 is 2.76 bits per heavy atom. The first-order chi connectivity index (χ1) is 16.5. The van der Waals surface area contributed by atoms with Gasteiger partial charge in [0.05, 0.1) is 22.3 Å². The van der Waals surface area contributed by atoms with Crippen molar-refractivity contribution < 1.29 is 14.3 Å². The number of hydrogen-bond acceptors (Lipinski definition) is 5. The van der Waals surface area contributed by atoms with Crippen LogP contribution in [0.2, 0.25) is 0 Å². The Kier molecular flexibility index (Phi) is 5.81. The van der Waals surface area contributed by atoms with Crippen LogP contribution < -0.4 is 5.32 Å². The van der Waals surface area contributed by atoms with Gasteiger partial charge in [-0.1, -0.05) is 36.4 Å². The van der Waals surface area contributed by atoms with E-state index in [1.807, 2.05) is 54.3 Å². The van der Waals surface area contributed by atoms with Gasteiger partial charge in [0, 0.05) is 37.3 Å². The number of halogens is 1. The third-order valence-corrected chi connectivity index (χ3v) is 6.01. The van der Waals surface area contributed by atoms with Crippen molar-refractivity contribution in [2.24, 2.45) is 0 Å². The minimum Gasteiger partial charge on any atom is -0.508 e. The molecule has 3 heterocycles. The third-order valence-electron chi connectivity index (χ3n) is 6.01. The van der Waals surface area contributed by atoms with Gasteiger partial charge in [0.2, 0.25) is 0 Å². The van der Waals surface area contributed by atoms with Crippen LogP contribution in [0.4, 0.5) is 4.39 Å². The number of fused-ring (bicyclic) bond motifs is 1. The quantitative estimate of drug-likeness (QED) is 0.429. The van der Waals surface area contributed by atoms with Gasteiger partial charge in [0.15, 0.2) is 5.65 Å². The average molecular weight is 458 g/mol. The topological polar surface area (TPSA) is 94.1 Å². The largest absolute Gasteiger partial charge is 0.508 e. The lowest BCUT2D eigenvalue weighted by molar-refractivity contribution is 0.0657. The van der Waals surface area contributed by atoms with Crippen LogP contribution in [0.15, 0.2) is 54.6 Å². The van der Waals surface area contributed by atoms with Gasteiger partial charge in [-0.15, -0.1) is 0 Å². The number of H-pyrrole nitrogens is 1. The first kappa shape index (κ1) is 21.8. The van der Waals surface area contributed by atoms with Crippen molar-refractivity contribution >= 4 is 29.1 Å². The Balaban J connectivity index is 1.66. The summed E-state index contributed by atoms with van der Waals surface area (Å²) in [5.41, 5.74) is 2.86. The molecule has 0 spiro atoms. The summed E-state index contributed by atoms with van der Waals surface area (Å²) in [4.78, 5) is 20.1. The maximum atomic E-state index is 14.7. The van der Waals surface area contributed by atoms with E-state index < -0.39 is 5.82 Å². The number of carbonyl (C=O) groups is 1. The van der Waals surface area contributed by atoms with Crippen LogP contribution in [0, 0.1) is 5.82 Å². The number of phenols is 1. The summed E-state index contributed by atoms with van der Waals surface area (Å²) in [5, 5.41) is 20.8. The standard InChI is InChI=1S/C26H24FN5O2/c1-16-15-28-11-12-32(16)26(34)20-14-23(19-9-8-18(33)13-21(19)27)29-25-24(20)22(30-31-25)10-7-17-5-3-2-4-6-17/h2-10,13-14,16,28,33H,11-12,15H2,1H3,(H,29,30,31)/b10-7+/t16-/m0/s1. The number of piperazine rings is 1. The van der Waals surface area contributed by atoms with Gasteiger partial charge in [-0.2, -0.15) is 5.10 Å². The van der Waals surface area contributed by atoms with Crippen molar-refractivity contribution in [3.05, 3.63) is 77.2 Å². The van der Waals surface area contributed by atoms with Crippen molar-refractivity contribution in [1.29, 1.82) is 0 Å². The summed E-state index contributed by atoms with van der Waals surface area (Å²) < 4.78 is 14.7. The van der Waals surface area contributed by atoms with Crippen molar-refractivity contribution in [2.45, 2.75) is 13.0 Å². The smallest absolute Gasteiger partial charge is 0.255 e. The van der Waals surface area contributed by atoms with Crippen LogP contribution in [0.3, 0.4) is 0 Å². The molecule has 1 amide bonds. The maximum absolute atomic E-state index is 14.7. The Morgan fingerprint density at radius 2 is 2.00 bits per heavy atom. The van der Waals surface area contributed by atoms with Crippen molar-refractivity contribution in [2.75, 3.05) is 19.6 Å². The highest BCUT2D eigenvalue weighted by Crippen LogP contribution is 2.31. The number of pyridine rings is 1. The fourth-order valence-corrected chi connectivity index (χ4v) is 4.23.